The summed E-state index contributed by atoms with van der Waals surface area (Å²) in [6.45, 7) is 2.65. The highest BCUT2D eigenvalue weighted by Gasteiger charge is 2.21. The van der Waals surface area contributed by atoms with Crippen molar-refractivity contribution in [2.24, 2.45) is 0 Å². The lowest BCUT2D eigenvalue weighted by atomic mass is 10.1. The van der Waals surface area contributed by atoms with Crippen LogP contribution in [0.2, 0.25) is 0 Å². The molecule has 1 aliphatic heterocycles. The Morgan fingerprint density at radius 2 is 2.20 bits per heavy atom. The van der Waals surface area contributed by atoms with Gasteiger partial charge in [-0.25, -0.2) is 0 Å². The Labute approximate surface area is 120 Å². The van der Waals surface area contributed by atoms with Crippen molar-refractivity contribution < 1.29 is 14.6 Å². The second kappa shape index (κ2) is 6.92. The van der Waals surface area contributed by atoms with Crippen LogP contribution in [-0.4, -0.2) is 56.9 Å². The summed E-state index contributed by atoms with van der Waals surface area (Å²) in [7, 11) is 5.34. The fourth-order valence-corrected chi connectivity index (χ4v) is 2.59. The Hall–Kier alpha value is -1.30. The number of likely N-dealkylation sites (N-methyl/N-ethyl adjacent to an activating group) is 1. The van der Waals surface area contributed by atoms with Crippen molar-refractivity contribution in [3.63, 3.8) is 0 Å². The zero-order valence-electron chi connectivity index (χ0n) is 12.4. The van der Waals surface area contributed by atoms with E-state index in [9.17, 15) is 5.11 Å². The number of aliphatic hydroxyl groups excluding tert-OH is 1. The molecule has 1 aliphatic rings. The number of rotatable bonds is 6. The third-order valence-corrected chi connectivity index (χ3v) is 3.79. The molecule has 1 heterocycles. The van der Waals surface area contributed by atoms with Gasteiger partial charge in [0, 0.05) is 24.7 Å². The van der Waals surface area contributed by atoms with E-state index >= 15 is 0 Å². The van der Waals surface area contributed by atoms with Crippen LogP contribution in [0.3, 0.4) is 0 Å². The second-order valence-electron chi connectivity index (χ2n) is 5.28. The molecule has 5 nitrogen and oxygen atoms in total. The van der Waals surface area contributed by atoms with Crippen LogP contribution >= 0.6 is 0 Å². The number of likely N-dealkylation sites (tertiary alicyclic amines) is 1. The van der Waals surface area contributed by atoms with E-state index in [2.05, 4.69) is 17.3 Å². The van der Waals surface area contributed by atoms with Gasteiger partial charge < -0.3 is 24.8 Å². The van der Waals surface area contributed by atoms with Crippen molar-refractivity contribution >= 4 is 0 Å². The van der Waals surface area contributed by atoms with Gasteiger partial charge in [-0.2, -0.15) is 0 Å². The van der Waals surface area contributed by atoms with Gasteiger partial charge in [0.2, 0.25) is 0 Å². The summed E-state index contributed by atoms with van der Waals surface area (Å²) in [4.78, 5) is 2.29. The molecule has 0 aliphatic carbocycles. The predicted molar refractivity (Wildman–Crippen MR) is 78.4 cm³/mol. The Morgan fingerprint density at radius 3 is 2.80 bits per heavy atom. The van der Waals surface area contributed by atoms with Gasteiger partial charge in [0.25, 0.3) is 0 Å². The number of ether oxygens (including phenoxy) is 2. The molecule has 0 saturated carbocycles. The van der Waals surface area contributed by atoms with Crippen LogP contribution < -0.4 is 14.8 Å². The van der Waals surface area contributed by atoms with Crippen molar-refractivity contribution in [1.82, 2.24) is 10.2 Å². The molecule has 20 heavy (non-hydrogen) atoms. The first kappa shape index (κ1) is 15.1. The zero-order valence-corrected chi connectivity index (χ0v) is 12.4. The van der Waals surface area contributed by atoms with Gasteiger partial charge in [0.1, 0.15) is 11.5 Å². The van der Waals surface area contributed by atoms with Crippen molar-refractivity contribution in [3.8, 4) is 11.5 Å². The summed E-state index contributed by atoms with van der Waals surface area (Å²) in [5.41, 5.74) is 0.755. The molecular formula is C15H24N2O3. The average Bonchev–Trinajstić information content (AvgIpc) is 2.89. The van der Waals surface area contributed by atoms with Crippen molar-refractivity contribution in [3.05, 3.63) is 23.8 Å². The maximum atomic E-state index is 10.4. The highest BCUT2D eigenvalue weighted by Crippen LogP contribution is 2.29. The predicted octanol–water partition coefficient (Wildman–Crippen LogP) is 1.03. The highest BCUT2D eigenvalue weighted by atomic mass is 16.5. The second-order valence-corrected chi connectivity index (χ2v) is 5.28. The maximum Gasteiger partial charge on any atom is 0.124 e. The fraction of sp³-hybridized carbons (Fsp3) is 0.600. The Bertz CT molecular complexity index is 439. The minimum Gasteiger partial charge on any atom is -0.497 e. The van der Waals surface area contributed by atoms with E-state index in [0.717, 1.165) is 30.8 Å². The normalized spacial score (nSPS) is 20.9. The molecule has 0 amide bonds. The Morgan fingerprint density at radius 1 is 1.40 bits per heavy atom. The summed E-state index contributed by atoms with van der Waals surface area (Å²) in [5.74, 6) is 1.41. The van der Waals surface area contributed by atoms with Gasteiger partial charge in [-0.3, -0.25) is 0 Å². The molecule has 2 unspecified atom stereocenters. The molecule has 2 rings (SSSR count). The largest absolute Gasteiger partial charge is 0.497 e. The summed E-state index contributed by atoms with van der Waals surface area (Å²) >= 11 is 0. The first-order valence-electron chi connectivity index (χ1n) is 6.96. The van der Waals surface area contributed by atoms with E-state index in [1.165, 1.54) is 0 Å². The number of benzene rings is 1. The van der Waals surface area contributed by atoms with Crippen molar-refractivity contribution in [2.45, 2.75) is 18.6 Å². The standard InChI is InChI=1S/C15H24N2O3/c1-17-7-6-11(10-17)16-9-14(18)13-8-12(19-2)4-5-15(13)20-3/h4-5,8,11,14,16,18H,6-7,9-10H2,1-3H3. The number of methoxy groups -OCH3 is 2. The topological polar surface area (TPSA) is 54.0 Å². The minimum absolute atomic E-state index is 0.450. The molecule has 1 fully saturated rings. The summed E-state index contributed by atoms with van der Waals surface area (Å²) < 4.78 is 10.5. The van der Waals surface area contributed by atoms with Crippen LogP contribution in [0.5, 0.6) is 11.5 Å². The minimum atomic E-state index is -0.606. The van der Waals surface area contributed by atoms with Crippen molar-refractivity contribution in [1.29, 1.82) is 0 Å². The van der Waals surface area contributed by atoms with Gasteiger partial charge in [-0.15, -0.1) is 0 Å². The van der Waals surface area contributed by atoms with E-state index < -0.39 is 6.10 Å². The number of nitrogens with zero attached hydrogens (tertiary/aromatic N) is 1. The first-order chi connectivity index (χ1) is 9.63. The number of aliphatic hydroxyl groups is 1. The molecule has 1 aromatic carbocycles. The number of nitrogens with one attached hydrogen (secondary N) is 1. The quantitative estimate of drug-likeness (QED) is 0.815. The molecule has 2 atom stereocenters. The fourth-order valence-electron chi connectivity index (χ4n) is 2.59. The van der Waals surface area contributed by atoms with Crippen LogP contribution in [0.4, 0.5) is 0 Å². The highest BCUT2D eigenvalue weighted by molar-refractivity contribution is 5.41. The van der Waals surface area contributed by atoms with Crippen LogP contribution in [0.25, 0.3) is 0 Å². The van der Waals surface area contributed by atoms with Crippen LogP contribution in [0.15, 0.2) is 18.2 Å². The van der Waals surface area contributed by atoms with Gasteiger partial charge in [-0.1, -0.05) is 0 Å². The summed E-state index contributed by atoms with van der Waals surface area (Å²) in [5, 5.41) is 13.8. The molecule has 1 aromatic rings. The molecule has 0 aromatic heterocycles. The third-order valence-electron chi connectivity index (χ3n) is 3.79. The Balaban J connectivity index is 1.98. The molecule has 0 radical (unpaired) electrons. The average molecular weight is 280 g/mol. The lowest BCUT2D eigenvalue weighted by Crippen LogP contribution is -2.34. The molecule has 112 valence electrons. The van der Waals surface area contributed by atoms with Crippen LogP contribution in [0, 0.1) is 0 Å². The van der Waals surface area contributed by atoms with Gasteiger partial charge in [0.15, 0.2) is 0 Å². The maximum absolute atomic E-state index is 10.4. The molecule has 1 saturated heterocycles. The zero-order chi connectivity index (χ0) is 14.5. The smallest absolute Gasteiger partial charge is 0.124 e. The van der Waals surface area contributed by atoms with E-state index in [-0.39, 0.29) is 0 Å². The van der Waals surface area contributed by atoms with E-state index in [1.807, 2.05) is 18.2 Å². The van der Waals surface area contributed by atoms with Crippen molar-refractivity contribution in [2.75, 3.05) is 40.9 Å². The lowest BCUT2D eigenvalue weighted by molar-refractivity contribution is 0.165. The third kappa shape index (κ3) is 3.62. The number of hydrogen-bond donors (Lipinski definition) is 2. The molecule has 2 N–H and O–H groups in total. The van der Waals surface area contributed by atoms with E-state index in [4.69, 9.17) is 9.47 Å². The number of hydrogen-bond acceptors (Lipinski definition) is 5. The molecule has 5 heteroatoms. The van der Waals surface area contributed by atoms with E-state index in [0.29, 0.717) is 18.3 Å². The molecule has 0 bridgehead atoms. The Kier molecular flexibility index (Phi) is 5.23. The molecular weight excluding hydrogens is 256 g/mol. The molecule has 0 spiro atoms. The SMILES string of the molecule is COc1ccc(OC)c(C(O)CNC2CCN(C)C2)c1. The monoisotopic (exact) mass is 280 g/mol. The van der Waals surface area contributed by atoms with E-state index in [1.54, 1.807) is 14.2 Å². The summed E-state index contributed by atoms with van der Waals surface area (Å²) in [6, 6.07) is 5.92. The van der Waals surface area contributed by atoms with Gasteiger partial charge >= 0.3 is 0 Å². The van der Waals surface area contributed by atoms with Gasteiger partial charge in [-0.05, 0) is 38.2 Å². The first-order valence-corrected chi connectivity index (χ1v) is 6.96. The lowest BCUT2D eigenvalue weighted by Gasteiger charge is -2.19. The van der Waals surface area contributed by atoms with Gasteiger partial charge in [0.05, 0.1) is 20.3 Å². The van der Waals surface area contributed by atoms with Crippen LogP contribution in [0.1, 0.15) is 18.1 Å². The summed E-state index contributed by atoms with van der Waals surface area (Å²) in [6.07, 6.45) is 0.518. The van der Waals surface area contributed by atoms with Crippen LogP contribution in [-0.2, 0) is 0 Å².